The van der Waals surface area contributed by atoms with Crippen molar-refractivity contribution in [3.05, 3.63) is 63.2 Å². The number of nitrogens with zero attached hydrogens (tertiary/aromatic N) is 3. The van der Waals surface area contributed by atoms with Gasteiger partial charge in [0.05, 0.1) is 20.8 Å². The fourth-order valence-electron chi connectivity index (χ4n) is 2.33. The van der Waals surface area contributed by atoms with Crippen molar-refractivity contribution in [2.45, 2.75) is 24.3 Å². The van der Waals surface area contributed by atoms with E-state index in [0.717, 1.165) is 11.8 Å². The Kier molecular flexibility index (Phi) is 5.96. The molecule has 1 atom stereocenters. The minimum absolute atomic E-state index is 0.0561. The molecule has 0 unspecified atom stereocenters. The molecule has 0 aliphatic heterocycles. The highest BCUT2D eigenvalue weighted by atomic mass is 35.5. The Morgan fingerprint density at radius 1 is 1.29 bits per heavy atom. The van der Waals surface area contributed by atoms with Gasteiger partial charge in [-0.15, -0.1) is 10.2 Å². The normalized spacial score (nSPS) is 11.8. The van der Waals surface area contributed by atoms with Gasteiger partial charge in [0, 0.05) is 17.3 Å². The Labute approximate surface area is 169 Å². The van der Waals surface area contributed by atoms with Gasteiger partial charge < -0.3 is 9.73 Å². The Hall–Kier alpha value is -2.91. The Balaban J connectivity index is 1.68. The third-order valence-electron chi connectivity index (χ3n) is 3.83. The molecule has 1 heterocycles. The highest BCUT2D eigenvalue weighted by molar-refractivity contribution is 8.00. The molecule has 3 rings (SSSR count). The number of carbonyl (C=O) groups is 1. The van der Waals surface area contributed by atoms with Crippen LogP contribution in [0.1, 0.15) is 12.5 Å². The molecule has 2 aromatic carbocycles. The van der Waals surface area contributed by atoms with E-state index in [1.54, 1.807) is 50.2 Å². The van der Waals surface area contributed by atoms with E-state index < -0.39 is 10.2 Å². The molecular weight excluding hydrogens is 404 g/mol. The number of rotatable bonds is 6. The van der Waals surface area contributed by atoms with Gasteiger partial charge in [0.15, 0.2) is 0 Å². The molecule has 8 nitrogen and oxygen atoms in total. The lowest BCUT2D eigenvalue weighted by Gasteiger charge is -2.10. The maximum Gasteiger partial charge on any atom is 0.277 e. The molecule has 0 fully saturated rings. The molecular formula is C18H15ClN4O4S. The summed E-state index contributed by atoms with van der Waals surface area (Å²) in [6, 6.07) is 11.6. The van der Waals surface area contributed by atoms with E-state index in [1.807, 2.05) is 0 Å². The average Bonchev–Trinajstić information content (AvgIpc) is 3.11. The molecule has 0 saturated carbocycles. The molecule has 28 heavy (non-hydrogen) atoms. The van der Waals surface area contributed by atoms with E-state index in [1.165, 1.54) is 6.07 Å². The molecule has 3 aromatic rings. The largest absolute Gasteiger partial charge is 0.411 e. The highest BCUT2D eigenvalue weighted by Crippen LogP contribution is 2.30. The van der Waals surface area contributed by atoms with E-state index in [-0.39, 0.29) is 22.7 Å². The number of carbonyl (C=O) groups excluding carboxylic acids is 1. The fraction of sp³-hybridized carbons (Fsp3) is 0.167. The van der Waals surface area contributed by atoms with Gasteiger partial charge in [-0.2, -0.15) is 0 Å². The first-order chi connectivity index (χ1) is 13.3. The zero-order valence-electron chi connectivity index (χ0n) is 14.9. The van der Waals surface area contributed by atoms with Crippen LogP contribution in [0.5, 0.6) is 0 Å². The monoisotopic (exact) mass is 418 g/mol. The first-order valence-electron chi connectivity index (χ1n) is 8.16. The molecule has 0 aliphatic carbocycles. The van der Waals surface area contributed by atoms with Crippen molar-refractivity contribution < 1.29 is 14.1 Å². The van der Waals surface area contributed by atoms with Crippen molar-refractivity contribution in [1.82, 2.24) is 10.2 Å². The topological polar surface area (TPSA) is 111 Å². The number of anilines is 1. The maximum atomic E-state index is 12.4. The van der Waals surface area contributed by atoms with Gasteiger partial charge in [0.25, 0.3) is 10.9 Å². The summed E-state index contributed by atoms with van der Waals surface area (Å²) in [6.07, 6.45) is 0. The average molecular weight is 419 g/mol. The number of aromatic nitrogens is 2. The number of benzene rings is 2. The second-order valence-corrected chi connectivity index (χ2v) is 7.56. The van der Waals surface area contributed by atoms with Gasteiger partial charge in [0.2, 0.25) is 11.8 Å². The van der Waals surface area contributed by atoms with Crippen LogP contribution in [-0.4, -0.2) is 26.3 Å². The van der Waals surface area contributed by atoms with E-state index in [2.05, 4.69) is 15.5 Å². The Morgan fingerprint density at radius 3 is 2.75 bits per heavy atom. The highest BCUT2D eigenvalue weighted by Gasteiger charge is 2.20. The van der Waals surface area contributed by atoms with Crippen LogP contribution in [0.15, 0.2) is 52.1 Å². The molecule has 144 valence electrons. The molecule has 0 aliphatic rings. The van der Waals surface area contributed by atoms with Crippen LogP contribution < -0.4 is 5.32 Å². The summed E-state index contributed by atoms with van der Waals surface area (Å²) >= 11 is 7.19. The Bertz CT molecular complexity index is 1040. The number of nitro benzene ring substituents is 1. The molecule has 0 radical (unpaired) electrons. The number of nitro groups is 1. The molecule has 1 N–H and O–H groups in total. The number of aryl methyl sites for hydroxylation is 1. The smallest absolute Gasteiger partial charge is 0.277 e. The first-order valence-corrected chi connectivity index (χ1v) is 9.42. The number of thioether (sulfide) groups is 1. The lowest BCUT2D eigenvalue weighted by molar-refractivity contribution is -0.385. The summed E-state index contributed by atoms with van der Waals surface area (Å²) in [5.74, 6) is -0.0875. The van der Waals surface area contributed by atoms with E-state index in [9.17, 15) is 14.9 Å². The summed E-state index contributed by atoms with van der Waals surface area (Å²) in [6.45, 7) is 3.30. The number of halogens is 1. The third kappa shape index (κ3) is 4.49. The standard InChI is InChI=1S/C18H15ClN4O4S/c1-10-7-8-12(9-15(10)23(25)26)20-16(24)11(2)28-18-22-21-17(27-18)13-5-3-4-6-14(13)19/h3-9,11H,1-2H3,(H,20,24)/t11-/m1/s1. The summed E-state index contributed by atoms with van der Waals surface area (Å²) < 4.78 is 5.57. The van der Waals surface area contributed by atoms with Crippen molar-refractivity contribution in [2.24, 2.45) is 0 Å². The lowest BCUT2D eigenvalue weighted by atomic mass is 10.2. The predicted molar refractivity (Wildman–Crippen MR) is 107 cm³/mol. The number of nitrogens with one attached hydrogen (secondary N) is 1. The summed E-state index contributed by atoms with van der Waals surface area (Å²) in [7, 11) is 0. The van der Waals surface area contributed by atoms with Crippen LogP contribution in [-0.2, 0) is 4.79 Å². The molecule has 0 spiro atoms. The second-order valence-electron chi connectivity index (χ2n) is 5.86. The van der Waals surface area contributed by atoms with Gasteiger partial charge in [0.1, 0.15) is 0 Å². The molecule has 0 saturated heterocycles. The van der Waals surface area contributed by atoms with Crippen LogP contribution in [0, 0.1) is 17.0 Å². The zero-order valence-corrected chi connectivity index (χ0v) is 16.5. The van der Waals surface area contributed by atoms with Crippen LogP contribution in [0.25, 0.3) is 11.5 Å². The lowest BCUT2D eigenvalue weighted by Crippen LogP contribution is -2.22. The SMILES string of the molecule is Cc1ccc(NC(=O)[C@@H](C)Sc2nnc(-c3ccccc3Cl)o2)cc1[N+](=O)[O-]. The van der Waals surface area contributed by atoms with Gasteiger partial charge >= 0.3 is 0 Å². The quantitative estimate of drug-likeness (QED) is 0.350. The molecule has 10 heteroatoms. The van der Waals surface area contributed by atoms with Crippen LogP contribution in [0.4, 0.5) is 11.4 Å². The van der Waals surface area contributed by atoms with E-state index in [0.29, 0.717) is 21.8 Å². The van der Waals surface area contributed by atoms with Crippen molar-refractivity contribution >= 4 is 40.6 Å². The van der Waals surface area contributed by atoms with Gasteiger partial charge in [-0.1, -0.05) is 41.6 Å². The zero-order chi connectivity index (χ0) is 20.3. The number of amides is 1. The summed E-state index contributed by atoms with van der Waals surface area (Å²) in [4.78, 5) is 22.9. The maximum absolute atomic E-state index is 12.4. The fourth-order valence-corrected chi connectivity index (χ4v) is 3.23. The molecule has 0 bridgehead atoms. The van der Waals surface area contributed by atoms with Gasteiger partial charge in [-0.05, 0) is 32.0 Å². The number of hydrogen-bond acceptors (Lipinski definition) is 7. The minimum Gasteiger partial charge on any atom is -0.411 e. The van der Waals surface area contributed by atoms with E-state index >= 15 is 0 Å². The van der Waals surface area contributed by atoms with Crippen molar-refractivity contribution in [2.75, 3.05) is 5.32 Å². The van der Waals surface area contributed by atoms with Gasteiger partial charge in [-0.25, -0.2) is 0 Å². The third-order valence-corrected chi connectivity index (χ3v) is 5.09. The summed E-state index contributed by atoms with van der Waals surface area (Å²) in [5, 5.41) is 21.7. The molecule has 1 amide bonds. The predicted octanol–water partition coefficient (Wildman–Crippen LogP) is 4.73. The van der Waals surface area contributed by atoms with Crippen molar-refractivity contribution in [3.8, 4) is 11.5 Å². The van der Waals surface area contributed by atoms with Crippen molar-refractivity contribution in [1.29, 1.82) is 0 Å². The van der Waals surface area contributed by atoms with Crippen LogP contribution >= 0.6 is 23.4 Å². The molecule has 1 aromatic heterocycles. The van der Waals surface area contributed by atoms with Gasteiger partial charge in [-0.3, -0.25) is 14.9 Å². The van der Waals surface area contributed by atoms with E-state index in [4.69, 9.17) is 16.0 Å². The van der Waals surface area contributed by atoms with Crippen LogP contribution in [0.3, 0.4) is 0 Å². The van der Waals surface area contributed by atoms with Crippen molar-refractivity contribution in [3.63, 3.8) is 0 Å². The first kappa shape index (κ1) is 19.8. The number of hydrogen-bond donors (Lipinski definition) is 1. The minimum atomic E-state index is -0.570. The van der Waals surface area contributed by atoms with Crippen LogP contribution in [0.2, 0.25) is 5.02 Å². The Morgan fingerprint density at radius 2 is 2.04 bits per heavy atom. The summed E-state index contributed by atoms with van der Waals surface area (Å²) in [5.41, 5.74) is 1.41. The second kappa shape index (κ2) is 8.41.